The van der Waals surface area contributed by atoms with Gasteiger partial charge < -0.3 is 14.2 Å². The zero-order valence-electron chi connectivity index (χ0n) is 15.0. The predicted octanol–water partition coefficient (Wildman–Crippen LogP) is 4.29. The molecule has 0 spiro atoms. The van der Waals surface area contributed by atoms with Crippen molar-refractivity contribution in [3.63, 3.8) is 0 Å². The van der Waals surface area contributed by atoms with Gasteiger partial charge >= 0.3 is 0 Å². The molecule has 4 heteroatoms. The quantitative estimate of drug-likeness (QED) is 0.756. The first kappa shape index (κ1) is 17.6. The average Bonchev–Trinajstić information content (AvgIpc) is 2.70. The summed E-state index contributed by atoms with van der Waals surface area (Å²) in [5.41, 5.74) is 0. The van der Waals surface area contributed by atoms with Crippen LogP contribution in [0.1, 0.15) is 57.8 Å². The van der Waals surface area contributed by atoms with Crippen molar-refractivity contribution >= 4 is 11.8 Å². The molecule has 4 saturated heterocycles. The third-order valence-corrected chi connectivity index (χ3v) is 8.87. The monoisotopic (exact) mass is 354 g/mol. The van der Waals surface area contributed by atoms with Gasteiger partial charge in [-0.3, -0.25) is 0 Å². The van der Waals surface area contributed by atoms with Crippen LogP contribution in [-0.2, 0) is 14.2 Å². The molecule has 0 saturated carbocycles. The smallest absolute Gasteiger partial charge is 0.0616 e. The van der Waals surface area contributed by atoms with Gasteiger partial charge in [-0.2, -0.15) is 11.8 Å². The van der Waals surface area contributed by atoms with E-state index in [1.54, 1.807) is 0 Å². The first-order valence-electron chi connectivity index (χ1n) is 10.3. The van der Waals surface area contributed by atoms with Crippen LogP contribution in [0.5, 0.6) is 0 Å². The summed E-state index contributed by atoms with van der Waals surface area (Å²) >= 11 is 2.31. The lowest BCUT2D eigenvalue weighted by molar-refractivity contribution is -0.0787. The topological polar surface area (TPSA) is 27.7 Å². The third kappa shape index (κ3) is 3.41. The molecule has 0 N–H and O–H groups in total. The molecule has 4 atom stereocenters. The summed E-state index contributed by atoms with van der Waals surface area (Å²) in [6.45, 7) is 4.84. The molecule has 4 unspecified atom stereocenters. The van der Waals surface area contributed by atoms with Gasteiger partial charge in [-0.25, -0.2) is 0 Å². The Morgan fingerprint density at radius 1 is 0.708 bits per heavy atom. The molecule has 0 aromatic carbocycles. The van der Waals surface area contributed by atoms with Crippen molar-refractivity contribution < 1.29 is 14.2 Å². The Bertz CT molecular complexity index is 366. The third-order valence-electron chi connectivity index (χ3n) is 6.91. The Balaban J connectivity index is 1.64. The first-order chi connectivity index (χ1) is 11.9. The lowest BCUT2D eigenvalue weighted by Crippen LogP contribution is -2.58. The zero-order valence-corrected chi connectivity index (χ0v) is 15.9. The van der Waals surface area contributed by atoms with Gasteiger partial charge in [0.25, 0.3) is 0 Å². The van der Waals surface area contributed by atoms with E-state index < -0.39 is 0 Å². The van der Waals surface area contributed by atoms with Crippen LogP contribution in [0.2, 0.25) is 0 Å². The maximum atomic E-state index is 6.37. The highest BCUT2D eigenvalue weighted by molar-refractivity contribution is 8.00. The highest BCUT2D eigenvalue weighted by Crippen LogP contribution is 2.57. The van der Waals surface area contributed by atoms with Crippen LogP contribution >= 0.6 is 11.8 Å². The maximum absolute atomic E-state index is 6.37. The van der Waals surface area contributed by atoms with Crippen LogP contribution in [0, 0.1) is 17.8 Å². The number of rotatable bonds is 3. The van der Waals surface area contributed by atoms with E-state index >= 15 is 0 Å². The molecule has 4 aliphatic heterocycles. The second-order valence-electron chi connectivity index (χ2n) is 8.16. The van der Waals surface area contributed by atoms with E-state index in [2.05, 4.69) is 11.8 Å². The van der Waals surface area contributed by atoms with Crippen LogP contribution in [0.15, 0.2) is 0 Å². The molecular weight excluding hydrogens is 320 g/mol. The molecule has 0 aliphatic carbocycles. The van der Waals surface area contributed by atoms with Gasteiger partial charge in [0.05, 0.1) is 12.7 Å². The number of hydrogen-bond donors (Lipinski definition) is 0. The van der Waals surface area contributed by atoms with Gasteiger partial charge in [0.2, 0.25) is 0 Å². The van der Waals surface area contributed by atoms with Crippen molar-refractivity contribution in [3.05, 3.63) is 0 Å². The lowest BCUT2D eigenvalue weighted by Gasteiger charge is -2.57. The van der Waals surface area contributed by atoms with Crippen LogP contribution in [0.3, 0.4) is 0 Å². The molecule has 24 heavy (non-hydrogen) atoms. The van der Waals surface area contributed by atoms with E-state index in [0.717, 1.165) is 50.8 Å². The molecule has 138 valence electrons. The summed E-state index contributed by atoms with van der Waals surface area (Å²) < 4.78 is 18.5. The van der Waals surface area contributed by atoms with Gasteiger partial charge in [0, 0.05) is 37.1 Å². The van der Waals surface area contributed by atoms with Crippen LogP contribution in [0.4, 0.5) is 0 Å². The molecule has 0 amide bonds. The summed E-state index contributed by atoms with van der Waals surface area (Å²) in [6.07, 6.45) is 12.2. The van der Waals surface area contributed by atoms with Gasteiger partial charge in [0.1, 0.15) is 0 Å². The van der Waals surface area contributed by atoms with E-state index in [0.29, 0.717) is 10.9 Å². The normalized spacial score (nSPS) is 42.8. The predicted molar refractivity (Wildman–Crippen MR) is 98.6 cm³/mol. The summed E-state index contributed by atoms with van der Waals surface area (Å²) in [5.74, 6) is 3.57. The fourth-order valence-corrected chi connectivity index (χ4v) is 7.91. The second kappa shape index (κ2) is 8.28. The number of hydrogen-bond acceptors (Lipinski definition) is 4. The maximum Gasteiger partial charge on any atom is 0.0616 e. The Morgan fingerprint density at radius 3 is 2.38 bits per heavy atom. The second-order valence-corrected chi connectivity index (χ2v) is 9.56. The molecular formula is C20H34O3S. The molecule has 0 aromatic rings. The summed E-state index contributed by atoms with van der Waals surface area (Å²) in [5, 5.41) is 0. The minimum absolute atomic E-state index is 0.379. The van der Waals surface area contributed by atoms with Crippen molar-refractivity contribution in [2.75, 3.05) is 38.8 Å². The minimum Gasteiger partial charge on any atom is -0.381 e. The highest BCUT2D eigenvalue weighted by atomic mass is 32.2. The molecule has 4 heterocycles. The standard InChI is InChI=1S/C20H34O3S/c1-2-11-23-19(7-1)18-6-4-14-24-20(18,16-8-12-21-13-9-16)17-5-3-10-22-15-17/h16-19H,1-15H2. The van der Waals surface area contributed by atoms with Crippen molar-refractivity contribution in [1.82, 2.24) is 0 Å². The van der Waals surface area contributed by atoms with Gasteiger partial charge in [0.15, 0.2) is 0 Å². The Kier molecular flexibility index (Phi) is 6.09. The number of ether oxygens (including phenoxy) is 3. The van der Waals surface area contributed by atoms with E-state index in [4.69, 9.17) is 14.2 Å². The Morgan fingerprint density at radius 2 is 1.62 bits per heavy atom. The fraction of sp³-hybridized carbons (Fsp3) is 1.00. The Hall–Kier alpha value is 0.230. The van der Waals surface area contributed by atoms with Crippen LogP contribution < -0.4 is 0 Å². The molecule has 4 aliphatic rings. The minimum atomic E-state index is 0.379. The molecule has 0 aromatic heterocycles. The van der Waals surface area contributed by atoms with Gasteiger partial charge in [-0.05, 0) is 75.4 Å². The largest absolute Gasteiger partial charge is 0.381 e. The molecule has 0 radical (unpaired) electrons. The number of thioether (sulfide) groups is 1. The first-order valence-corrected chi connectivity index (χ1v) is 11.3. The van der Waals surface area contributed by atoms with Crippen molar-refractivity contribution in [2.45, 2.75) is 68.6 Å². The van der Waals surface area contributed by atoms with E-state index in [9.17, 15) is 0 Å². The van der Waals surface area contributed by atoms with E-state index in [1.165, 1.54) is 63.5 Å². The Labute approximate surface area is 151 Å². The summed E-state index contributed by atoms with van der Waals surface area (Å²) in [4.78, 5) is 0. The molecule has 0 bridgehead atoms. The summed E-state index contributed by atoms with van der Waals surface area (Å²) in [6, 6.07) is 0. The van der Waals surface area contributed by atoms with Crippen molar-refractivity contribution in [3.8, 4) is 0 Å². The van der Waals surface area contributed by atoms with E-state index in [1.807, 2.05) is 0 Å². The van der Waals surface area contributed by atoms with Crippen molar-refractivity contribution in [1.29, 1.82) is 0 Å². The van der Waals surface area contributed by atoms with E-state index in [-0.39, 0.29) is 0 Å². The molecule has 4 fully saturated rings. The molecule has 3 nitrogen and oxygen atoms in total. The van der Waals surface area contributed by atoms with Crippen molar-refractivity contribution in [2.24, 2.45) is 17.8 Å². The van der Waals surface area contributed by atoms with Crippen LogP contribution in [0.25, 0.3) is 0 Å². The van der Waals surface area contributed by atoms with Gasteiger partial charge in [-0.15, -0.1) is 0 Å². The average molecular weight is 355 g/mol. The zero-order chi connectivity index (χ0) is 16.2. The fourth-order valence-electron chi connectivity index (χ4n) is 5.86. The molecule has 4 rings (SSSR count). The lowest BCUT2D eigenvalue weighted by atomic mass is 9.64. The van der Waals surface area contributed by atoms with Crippen LogP contribution in [-0.4, -0.2) is 49.6 Å². The summed E-state index contributed by atoms with van der Waals surface area (Å²) in [7, 11) is 0. The van der Waals surface area contributed by atoms with Gasteiger partial charge in [-0.1, -0.05) is 0 Å². The SMILES string of the molecule is C1CCC(C2CCCSC2(C2CCOCC2)C2CCCOC2)OC1. The highest BCUT2D eigenvalue weighted by Gasteiger charge is 2.55.